The number of hydrogen-bond acceptors (Lipinski definition) is 3. The van der Waals surface area contributed by atoms with Gasteiger partial charge in [-0.15, -0.1) is 0 Å². The summed E-state index contributed by atoms with van der Waals surface area (Å²) in [6, 6.07) is -0.279. The molecule has 104 valence electrons. The van der Waals surface area contributed by atoms with Gasteiger partial charge in [-0.1, -0.05) is 0 Å². The van der Waals surface area contributed by atoms with Crippen molar-refractivity contribution in [1.82, 2.24) is 9.80 Å². The molecule has 1 rings (SSSR count). The number of carboxylic acid groups (broad SMARTS) is 1. The molecular weight excluding hydrogens is 236 g/mol. The van der Waals surface area contributed by atoms with Gasteiger partial charge in [0, 0.05) is 13.6 Å². The number of hydrogen-bond donors (Lipinski definition) is 1. The van der Waals surface area contributed by atoms with Gasteiger partial charge in [0.15, 0.2) is 0 Å². The summed E-state index contributed by atoms with van der Waals surface area (Å²) in [5.41, 5.74) is -1.61. The summed E-state index contributed by atoms with van der Waals surface area (Å²) >= 11 is 0. The van der Waals surface area contributed by atoms with Crippen molar-refractivity contribution < 1.29 is 19.4 Å². The Bertz CT molecular complexity index is 352. The second-order valence-corrected chi connectivity index (χ2v) is 5.74. The van der Waals surface area contributed by atoms with Crippen LogP contribution in [0.4, 0.5) is 4.79 Å². The molecule has 6 heteroatoms. The first kappa shape index (κ1) is 14.8. The molecule has 1 N–H and O–H groups in total. The van der Waals surface area contributed by atoms with E-state index in [9.17, 15) is 9.59 Å². The monoisotopic (exact) mass is 258 g/mol. The van der Waals surface area contributed by atoms with E-state index in [4.69, 9.17) is 9.84 Å². The van der Waals surface area contributed by atoms with Crippen molar-refractivity contribution in [3.05, 3.63) is 0 Å². The van der Waals surface area contributed by atoms with Crippen molar-refractivity contribution >= 4 is 12.0 Å². The quantitative estimate of drug-likeness (QED) is 0.802. The Kier molecular flexibility index (Phi) is 3.90. The zero-order chi connectivity index (χ0) is 14.1. The highest BCUT2D eigenvalue weighted by molar-refractivity contribution is 5.85. The van der Waals surface area contributed by atoms with Crippen LogP contribution < -0.4 is 0 Å². The lowest BCUT2D eigenvalue weighted by molar-refractivity contribution is -0.147. The number of carbonyl (C=O) groups is 2. The molecule has 0 aromatic heterocycles. The smallest absolute Gasteiger partial charge is 0.329 e. The van der Waals surface area contributed by atoms with Gasteiger partial charge in [-0.3, -0.25) is 0 Å². The minimum absolute atomic E-state index is 0.279. The zero-order valence-electron chi connectivity index (χ0n) is 11.7. The Morgan fingerprint density at radius 1 is 1.39 bits per heavy atom. The third-order valence-electron chi connectivity index (χ3n) is 3.34. The van der Waals surface area contributed by atoms with Crippen LogP contribution in [0.15, 0.2) is 0 Å². The number of likely N-dealkylation sites (N-methyl/N-ethyl adjacent to an activating group) is 1. The molecule has 18 heavy (non-hydrogen) atoms. The van der Waals surface area contributed by atoms with Crippen molar-refractivity contribution in [3.63, 3.8) is 0 Å². The molecule has 0 bridgehead atoms. The lowest BCUT2D eigenvalue weighted by atomic mass is 10.0. The molecule has 0 unspecified atom stereocenters. The van der Waals surface area contributed by atoms with Gasteiger partial charge in [0.05, 0.1) is 18.8 Å². The fourth-order valence-electron chi connectivity index (χ4n) is 1.77. The Balaban J connectivity index is 2.78. The number of nitrogens with zero attached hydrogens (tertiary/aromatic N) is 2. The zero-order valence-corrected chi connectivity index (χ0v) is 11.7. The van der Waals surface area contributed by atoms with E-state index in [-0.39, 0.29) is 11.6 Å². The van der Waals surface area contributed by atoms with Gasteiger partial charge in [-0.25, -0.2) is 9.59 Å². The first-order chi connectivity index (χ1) is 8.08. The summed E-state index contributed by atoms with van der Waals surface area (Å²) in [7, 11) is 1.51. The molecular formula is C12H22N2O4. The largest absolute Gasteiger partial charge is 0.480 e. The third kappa shape index (κ3) is 2.93. The number of aliphatic carboxylic acids is 1. The average molecular weight is 258 g/mol. The van der Waals surface area contributed by atoms with Gasteiger partial charge < -0.3 is 19.6 Å². The number of rotatable bonds is 2. The number of carboxylic acids is 1. The van der Waals surface area contributed by atoms with Gasteiger partial charge >= 0.3 is 12.0 Å². The van der Waals surface area contributed by atoms with Crippen LogP contribution in [0.25, 0.3) is 0 Å². The molecule has 0 aliphatic carbocycles. The second-order valence-electron chi connectivity index (χ2n) is 5.74. The normalized spacial score (nSPS) is 19.5. The molecule has 0 radical (unpaired) electrons. The highest BCUT2D eigenvalue weighted by Gasteiger charge is 2.39. The minimum Gasteiger partial charge on any atom is -0.480 e. The summed E-state index contributed by atoms with van der Waals surface area (Å²) in [6.07, 6.45) is 0. The summed E-state index contributed by atoms with van der Waals surface area (Å²) in [5, 5.41) is 9.12. The summed E-state index contributed by atoms with van der Waals surface area (Å²) in [5.74, 6) is -1.02. The van der Waals surface area contributed by atoms with E-state index >= 15 is 0 Å². The maximum Gasteiger partial charge on any atom is 0.329 e. The highest BCUT2D eigenvalue weighted by atomic mass is 16.5. The lowest BCUT2D eigenvalue weighted by Gasteiger charge is -2.42. The van der Waals surface area contributed by atoms with E-state index in [2.05, 4.69) is 0 Å². The van der Waals surface area contributed by atoms with Gasteiger partial charge in [0.25, 0.3) is 0 Å². The maximum atomic E-state index is 12.3. The first-order valence-electron chi connectivity index (χ1n) is 5.98. The number of carbonyl (C=O) groups excluding carboxylic acids is 1. The minimum atomic E-state index is -1.22. The van der Waals surface area contributed by atoms with Crippen molar-refractivity contribution in [2.24, 2.45) is 0 Å². The van der Waals surface area contributed by atoms with Crippen LogP contribution in [0, 0.1) is 0 Å². The van der Waals surface area contributed by atoms with Crippen molar-refractivity contribution in [2.45, 2.75) is 38.8 Å². The molecule has 1 heterocycles. The summed E-state index contributed by atoms with van der Waals surface area (Å²) in [6.45, 7) is 8.27. The predicted molar refractivity (Wildman–Crippen MR) is 66.5 cm³/mol. The Morgan fingerprint density at radius 2 is 1.94 bits per heavy atom. The number of amides is 2. The van der Waals surface area contributed by atoms with Crippen LogP contribution in [0.2, 0.25) is 0 Å². The second kappa shape index (κ2) is 4.76. The molecule has 1 saturated heterocycles. The van der Waals surface area contributed by atoms with E-state index in [1.165, 1.54) is 25.8 Å². The van der Waals surface area contributed by atoms with Crippen molar-refractivity contribution in [3.8, 4) is 0 Å². The van der Waals surface area contributed by atoms with E-state index < -0.39 is 11.5 Å². The Labute approximate surface area is 107 Å². The molecule has 0 aromatic rings. The molecule has 1 aliphatic heterocycles. The lowest BCUT2D eigenvalue weighted by Crippen LogP contribution is -2.59. The molecule has 6 nitrogen and oxygen atoms in total. The van der Waals surface area contributed by atoms with Gasteiger partial charge in [-0.05, 0) is 27.7 Å². The van der Waals surface area contributed by atoms with E-state index in [0.29, 0.717) is 19.7 Å². The fourth-order valence-corrected chi connectivity index (χ4v) is 1.77. The standard InChI is InChI=1S/C12H22N2O4/c1-11(2)8-14(6-7-18-11)10(17)13(5)12(3,4)9(15)16/h6-8H2,1-5H3,(H,15,16). The molecule has 1 fully saturated rings. The topological polar surface area (TPSA) is 70.1 Å². The highest BCUT2D eigenvalue weighted by Crippen LogP contribution is 2.20. The Morgan fingerprint density at radius 3 is 2.39 bits per heavy atom. The maximum absolute atomic E-state index is 12.3. The molecule has 0 saturated carbocycles. The van der Waals surface area contributed by atoms with Gasteiger partial charge in [0.1, 0.15) is 5.54 Å². The first-order valence-corrected chi connectivity index (χ1v) is 5.98. The molecule has 1 aliphatic rings. The molecule has 0 spiro atoms. The van der Waals surface area contributed by atoms with Crippen LogP contribution in [0.5, 0.6) is 0 Å². The number of urea groups is 1. The van der Waals surface area contributed by atoms with Gasteiger partial charge in [-0.2, -0.15) is 0 Å². The van der Waals surface area contributed by atoms with Crippen LogP contribution in [-0.4, -0.2) is 64.8 Å². The van der Waals surface area contributed by atoms with Crippen LogP contribution in [-0.2, 0) is 9.53 Å². The van der Waals surface area contributed by atoms with Crippen molar-refractivity contribution in [2.75, 3.05) is 26.7 Å². The summed E-state index contributed by atoms with van der Waals surface area (Å²) < 4.78 is 5.53. The molecule has 2 amide bonds. The fraction of sp³-hybridized carbons (Fsp3) is 0.833. The number of ether oxygens (including phenoxy) is 1. The van der Waals surface area contributed by atoms with Crippen molar-refractivity contribution in [1.29, 1.82) is 0 Å². The SMILES string of the molecule is CN(C(=O)N1CCOC(C)(C)C1)C(C)(C)C(=O)O. The molecule has 0 aromatic carbocycles. The Hall–Kier alpha value is -1.30. The van der Waals surface area contributed by atoms with Crippen LogP contribution in [0.1, 0.15) is 27.7 Å². The van der Waals surface area contributed by atoms with Gasteiger partial charge in [0.2, 0.25) is 0 Å². The number of morpholine rings is 1. The van der Waals surface area contributed by atoms with Crippen LogP contribution >= 0.6 is 0 Å². The predicted octanol–water partition coefficient (Wildman–Crippen LogP) is 1.01. The van der Waals surface area contributed by atoms with E-state index in [1.807, 2.05) is 13.8 Å². The van der Waals surface area contributed by atoms with E-state index in [1.54, 1.807) is 4.90 Å². The third-order valence-corrected chi connectivity index (χ3v) is 3.34. The average Bonchev–Trinajstić information content (AvgIpc) is 2.25. The summed E-state index contributed by atoms with van der Waals surface area (Å²) in [4.78, 5) is 26.3. The van der Waals surface area contributed by atoms with E-state index in [0.717, 1.165) is 0 Å². The molecule has 0 atom stereocenters. The van der Waals surface area contributed by atoms with Crippen LogP contribution in [0.3, 0.4) is 0 Å².